The molecule has 1 aromatic carbocycles. The summed E-state index contributed by atoms with van der Waals surface area (Å²) >= 11 is 0. The zero-order chi connectivity index (χ0) is 16.8. The normalized spacial score (nSPS) is 20.8. The summed E-state index contributed by atoms with van der Waals surface area (Å²) in [5.74, 6) is 1.79. The van der Waals surface area contributed by atoms with E-state index in [-0.39, 0.29) is 24.0 Å². The van der Waals surface area contributed by atoms with Gasteiger partial charge in [0.2, 0.25) is 0 Å². The summed E-state index contributed by atoms with van der Waals surface area (Å²) in [4.78, 5) is 9.32. The average molecular weight is 452 g/mol. The molecule has 0 spiro atoms. The van der Waals surface area contributed by atoms with E-state index in [4.69, 9.17) is 4.99 Å². The minimum atomic E-state index is 0. The van der Waals surface area contributed by atoms with Gasteiger partial charge >= 0.3 is 0 Å². The van der Waals surface area contributed by atoms with Gasteiger partial charge in [-0.3, -0.25) is 4.98 Å². The third-order valence-electron chi connectivity index (χ3n) is 4.82. The molecule has 25 heavy (non-hydrogen) atoms. The quantitative estimate of drug-likeness (QED) is 0.409. The van der Waals surface area contributed by atoms with Crippen molar-refractivity contribution in [3.8, 4) is 0 Å². The van der Waals surface area contributed by atoms with E-state index in [2.05, 4.69) is 53.7 Å². The number of halogens is 1. The van der Waals surface area contributed by atoms with Crippen LogP contribution < -0.4 is 10.6 Å². The van der Waals surface area contributed by atoms with E-state index in [1.165, 1.54) is 36.6 Å². The molecule has 1 aliphatic rings. The van der Waals surface area contributed by atoms with Gasteiger partial charge in [-0.1, -0.05) is 31.2 Å². The first-order valence-electron chi connectivity index (χ1n) is 9.13. The maximum atomic E-state index is 4.80. The molecule has 0 radical (unpaired) electrons. The molecule has 1 aliphatic carbocycles. The molecule has 4 nitrogen and oxygen atoms in total. The van der Waals surface area contributed by atoms with Gasteiger partial charge in [0, 0.05) is 24.2 Å². The van der Waals surface area contributed by atoms with Crippen LogP contribution in [-0.2, 0) is 6.54 Å². The van der Waals surface area contributed by atoms with Gasteiger partial charge in [0.1, 0.15) is 0 Å². The van der Waals surface area contributed by atoms with Crippen molar-refractivity contribution in [2.45, 2.75) is 52.1 Å². The van der Waals surface area contributed by atoms with E-state index < -0.39 is 0 Å². The third-order valence-corrected chi connectivity index (χ3v) is 4.82. The van der Waals surface area contributed by atoms with Crippen molar-refractivity contribution in [3.05, 3.63) is 42.1 Å². The Kier molecular flexibility index (Phi) is 7.93. The fraction of sp³-hybridized carbons (Fsp3) is 0.500. The molecular formula is C20H29IN4. The van der Waals surface area contributed by atoms with E-state index in [1.54, 1.807) is 0 Å². The molecule has 5 heteroatoms. The number of pyridine rings is 1. The zero-order valence-electron chi connectivity index (χ0n) is 15.2. The average Bonchev–Trinajstić information content (AvgIpc) is 2.62. The fourth-order valence-electron chi connectivity index (χ4n) is 3.38. The second kappa shape index (κ2) is 9.94. The third kappa shape index (κ3) is 5.56. The monoisotopic (exact) mass is 452 g/mol. The fourth-order valence-corrected chi connectivity index (χ4v) is 3.38. The lowest BCUT2D eigenvalue weighted by atomic mass is 9.87. The Morgan fingerprint density at radius 1 is 1.16 bits per heavy atom. The second-order valence-corrected chi connectivity index (χ2v) is 6.79. The molecule has 3 rings (SSSR count). The standard InChI is InChI=1S/C20H28N4.HI/c1-3-21-20(24-18-11-9-15(2)10-12-18)23-14-17-7-4-6-16-8-5-13-22-19(16)17;/h4-8,13,15,18H,3,9-12,14H2,1-2H3,(H2,21,23,24);1H. The number of hydrogen-bond acceptors (Lipinski definition) is 2. The van der Waals surface area contributed by atoms with Crippen molar-refractivity contribution in [2.24, 2.45) is 10.9 Å². The molecule has 0 amide bonds. The topological polar surface area (TPSA) is 49.3 Å². The molecule has 1 aromatic heterocycles. The highest BCUT2D eigenvalue weighted by Crippen LogP contribution is 2.23. The Morgan fingerprint density at radius 2 is 1.92 bits per heavy atom. The first-order chi connectivity index (χ1) is 11.8. The first-order valence-corrected chi connectivity index (χ1v) is 9.13. The molecule has 1 saturated carbocycles. The lowest BCUT2D eigenvalue weighted by Crippen LogP contribution is -2.44. The van der Waals surface area contributed by atoms with E-state index in [0.29, 0.717) is 12.6 Å². The summed E-state index contributed by atoms with van der Waals surface area (Å²) in [6.45, 7) is 5.98. The maximum Gasteiger partial charge on any atom is 0.191 e. The Morgan fingerprint density at radius 3 is 2.68 bits per heavy atom. The number of fused-ring (bicyclic) bond motifs is 1. The number of aromatic nitrogens is 1. The van der Waals surface area contributed by atoms with E-state index in [1.807, 2.05) is 12.3 Å². The summed E-state index contributed by atoms with van der Waals surface area (Å²) in [5, 5.41) is 8.16. The smallest absolute Gasteiger partial charge is 0.191 e. The van der Waals surface area contributed by atoms with Crippen molar-refractivity contribution in [3.63, 3.8) is 0 Å². The van der Waals surface area contributed by atoms with Crippen molar-refractivity contribution < 1.29 is 0 Å². The van der Waals surface area contributed by atoms with Crippen LogP contribution in [0.3, 0.4) is 0 Å². The number of nitrogens with zero attached hydrogens (tertiary/aromatic N) is 2. The zero-order valence-corrected chi connectivity index (χ0v) is 17.5. The van der Waals surface area contributed by atoms with Crippen LogP contribution in [0.15, 0.2) is 41.5 Å². The second-order valence-electron chi connectivity index (χ2n) is 6.79. The number of nitrogens with one attached hydrogen (secondary N) is 2. The minimum Gasteiger partial charge on any atom is -0.357 e. The highest BCUT2D eigenvalue weighted by molar-refractivity contribution is 14.0. The molecule has 136 valence electrons. The van der Waals surface area contributed by atoms with Gasteiger partial charge in [0.25, 0.3) is 0 Å². The summed E-state index contributed by atoms with van der Waals surface area (Å²) in [6, 6.07) is 10.9. The Bertz CT molecular complexity index is 688. The summed E-state index contributed by atoms with van der Waals surface area (Å²) in [6.07, 6.45) is 6.94. The van der Waals surface area contributed by atoms with Gasteiger partial charge in [-0.15, -0.1) is 24.0 Å². The minimum absolute atomic E-state index is 0. The van der Waals surface area contributed by atoms with Crippen LogP contribution in [0, 0.1) is 5.92 Å². The largest absolute Gasteiger partial charge is 0.357 e. The van der Waals surface area contributed by atoms with E-state index in [9.17, 15) is 0 Å². The summed E-state index contributed by atoms with van der Waals surface area (Å²) < 4.78 is 0. The lowest BCUT2D eigenvalue weighted by molar-refractivity contribution is 0.329. The number of rotatable bonds is 4. The SMILES string of the molecule is CCNC(=NCc1cccc2cccnc12)NC1CCC(C)CC1.I. The van der Waals surface area contributed by atoms with Crippen LogP contribution in [0.1, 0.15) is 45.1 Å². The molecular weight excluding hydrogens is 423 g/mol. The molecule has 0 unspecified atom stereocenters. The van der Waals surface area contributed by atoms with Gasteiger partial charge < -0.3 is 10.6 Å². The molecule has 2 aromatic rings. The molecule has 1 fully saturated rings. The van der Waals surface area contributed by atoms with Crippen LogP contribution in [0.2, 0.25) is 0 Å². The van der Waals surface area contributed by atoms with Crippen LogP contribution in [0.4, 0.5) is 0 Å². The number of aliphatic imine (C=N–C) groups is 1. The van der Waals surface area contributed by atoms with Gasteiger partial charge in [-0.25, -0.2) is 4.99 Å². The van der Waals surface area contributed by atoms with Crippen LogP contribution in [0.5, 0.6) is 0 Å². The molecule has 2 N–H and O–H groups in total. The summed E-state index contributed by atoms with van der Waals surface area (Å²) in [7, 11) is 0. The molecule has 0 atom stereocenters. The van der Waals surface area contributed by atoms with Crippen molar-refractivity contribution in [2.75, 3.05) is 6.54 Å². The highest BCUT2D eigenvalue weighted by Gasteiger charge is 2.18. The van der Waals surface area contributed by atoms with Gasteiger partial charge in [-0.05, 0) is 50.2 Å². The van der Waals surface area contributed by atoms with Gasteiger partial charge in [0.05, 0.1) is 12.1 Å². The Labute approximate surface area is 167 Å². The molecule has 0 aliphatic heterocycles. The maximum absolute atomic E-state index is 4.80. The van der Waals surface area contributed by atoms with E-state index >= 15 is 0 Å². The number of benzene rings is 1. The lowest BCUT2D eigenvalue weighted by Gasteiger charge is -2.28. The van der Waals surface area contributed by atoms with Crippen LogP contribution >= 0.6 is 24.0 Å². The Balaban J connectivity index is 0.00000225. The van der Waals surface area contributed by atoms with Crippen molar-refractivity contribution in [1.82, 2.24) is 15.6 Å². The van der Waals surface area contributed by atoms with Gasteiger partial charge in [0.15, 0.2) is 5.96 Å². The number of hydrogen-bond donors (Lipinski definition) is 2. The Hall–Kier alpha value is -1.37. The molecule has 0 saturated heterocycles. The predicted molar refractivity (Wildman–Crippen MR) is 117 cm³/mol. The predicted octanol–water partition coefficient (Wildman–Crippen LogP) is 4.49. The van der Waals surface area contributed by atoms with Crippen LogP contribution in [0.25, 0.3) is 10.9 Å². The first kappa shape index (κ1) is 19.9. The van der Waals surface area contributed by atoms with Crippen LogP contribution in [-0.4, -0.2) is 23.5 Å². The number of para-hydroxylation sites is 1. The van der Waals surface area contributed by atoms with Crippen molar-refractivity contribution in [1.29, 1.82) is 0 Å². The molecule has 1 heterocycles. The summed E-state index contributed by atoms with van der Waals surface area (Å²) in [5.41, 5.74) is 2.22. The highest BCUT2D eigenvalue weighted by atomic mass is 127. The van der Waals surface area contributed by atoms with Crippen molar-refractivity contribution >= 4 is 40.8 Å². The number of guanidine groups is 1. The van der Waals surface area contributed by atoms with E-state index in [0.717, 1.165) is 23.9 Å². The molecule has 0 bridgehead atoms. The van der Waals surface area contributed by atoms with Gasteiger partial charge in [-0.2, -0.15) is 0 Å².